The second kappa shape index (κ2) is 8.26. The number of benzene rings is 1. The van der Waals surface area contributed by atoms with Gasteiger partial charge in [0.25, 0.3) is 0 Å². The molecular weight excluding hydrogens is 447 g/mol. The molecule has 0 saturated carbocycles. The zero-order chi connectivity index (χ0) is 22.3. The molecule has 1 aromatic carbocycles. The second-order valence-corrected chi connectivity index (χ2v) is 9.06. The molecule has 162 valence electrons. The minimum atomic E-state index is -4.62. The minimum Gasteiger partial charge on any atom is -0.493 e. The molecule has 1 aliphatic heterocycles. The Balaban J connectivity index is 2.01. The molecule has 3 rings (SSSR count). The Hall–Kier alpha value is -2.01. The lowest BCUT2D eigenvalue weighted by Gasteiger charge is -2.26. The Morgan fingerprint density at radius 2 is 2.00 bits per heavy atom. The number of methoxy groups -OCH3 is 1. The van der Waals surface area contributed by atoms with Crippen LogP contribution < -0.4 is 10.1 Å². The number of nitrogens with zero attached hydrogens (tertiary/aromatic N) is 1. The van der Waals surface area contributed by atoms with Crippen LogP contribution in [0.25, 0.3) is 0 Å². The first-order chi connectivity index (χ1) is 14.0. The maximum absolute atomic E-state index is 14.2. The van der Waals surface area contributed by atoms with Crippen LogP contribution in [0.3, 0.4) is 0 Å². The third kappa shape index (κ3) is 4.22. The molecule has 2 heterocycles. The molecule has 3 atom stereocenters. The normalized spacial score (nSPS) is 24.0. The van der Waals surface area contributed by atoms with Crippen LogP contribution in [-0.2, 0) is 4.79 Å². The largest absolute Gasteiger partial charge is 0.493 e. The molecule has 0 spiro atoms. The van der Waals surface area contributed by atoms with E-state index in [1.54, 1.807) is 0 Å². The van der Waals surface area contributed by atoms with Gasteiger partial charge in [-0.05, 0) is 31.5 Å². The van der Waals surface area contributed by atoms with Gasteiger partial charge in [-0.25, -0.2) is 9.37 Å². The Bertz CT molecular complexity index is 955. The maximum Gasteiger partial charge on any atom is 0.403 e. The third-order valence-corrected chi connectivity index (χ3v) is 6.90. The number of amides is 1. The summed E-state index contributed by atoms with van der Waals surface area (Å²) < 4.78 is 71.7. The molecule has 0 aliphatic carbocycles. The second-order valence-electron chi connectivity index (χ2n) is 6.96. The van der Waals surface area contributed by atoms with E-state index in [-0.39, 0.29) is 11.3 Å². The van der Waals surface area contributed by atoms with Gasteiger partial charge in [0.05, 0.1) is 29.3 Å². The van der Waals surface area contributed by atoms with Crippen LogP contribution in [-0.4, -0.2) is 34.2 Å². The smallest absolute Gasteiger partial charge is 0.403 e. The first-order valence-corrected chi connectivity index (χ1v) is 10.0. The number of ether oxygens (including phenoxy) is 1. The van der Waals surface area contributed by atoms with E-state index in [4.69, 9.17) is 4.74 Å². The number of rotatable bonds is 4. The highest BCUT2D eigenvalue weighted by Gasteiger charge is 2.60. The lowest BCUT2D eigenvalue weighted by molar-refractivity contribution is -0.155. The molecule has 2 aromatic rings. The van der Waals surface area contributed by atoms with Gasteiger partial charge in [-0.15, -0.1) is 24.4 Å². The van der Waals surface area contributed by atoms with Gasteiger partial charge in [-0.3, -0.25) is 4.79 Å². The van der Waals surface area contributed by atoms with E-state index >= 15 is 0 Å². The zero-order valence-electron chi connectivity index (χ0n) is 15.8. The van der Waals surface area contributed by atoms with Crippen molar-refractivity contribution in [3.63, 3.8) is 0 Å². The molecule has 1 aromatic heterocycles. The lowest BCUT2D eigenvalue weighted by Crippen LogP contribution is -2.37. The van der Waals surface area contributed by atoms with E-state index in [1.807, 2.05) is 0 Å². The van der Waals surface area contributed by atoms with Crippen LogP contribution >= 0.6 is 24.4 Å². The molecule has 1 N–H and O–H groups in total. The average Bonchev–Trinajstić information content (AvgIpc) is 3.04. The summed E-state index contributed by atoms with van der Waals surface area (Å²) in [5.74, 6) is -4.79. The molecule has 0 unspecified atom stereocenters. The number of halogens is 5. The summed E-state index contributed by atoms with van der Waals surface area (Å²) in [6, 6.07) is 4.98. The van der Waals surface area contributed by atoms with Gasteiger partial charge in [-0.2, -0.15) is 17.6 Å². The van der Waals surface area contributed by atoms with E-state index in [9.17, 15) is 26.7 Å². The molecule has 1 fully saturated rings. The van der Waals surface area contributed by atoms with Crippen LogP contribution in [0.1, 0.15) is 24.8 Å². The monoisotopic (exact) mass is 464 g/mol. The fraction of sp³-hybridized carbons (Fsp3) is 0.368. The van der Waals surface area contributed by atoms with Crippen LogP contribution in [0, 0.1) is 11.6 Å². The Kier molecular flexibility index (Phi) is 6.24. The van der Waals surface area contributed by atoms with Crippen molar-refractivity contribution in [2.75, 3.05) is 12.4 Å². The SMILES string of the molecule is COc1c([C@@H]2C[C@](C)(C(F)(F)F)S[C@H]2C(=O)Nc2ccc(S)nc2)ccc(F)c1F. The van der Waals surface area contributed by atoms with Gasteiger partial charge in [0, 0.05) is 11.5 Å². The van der Waals surface area contributed by atoms with Crippen molar-refractivity contribution in [1.82, 2.24) is 4.98 Å². The van der Waals surface area contributed by atoms with E-state index < -0.39 is 51.8 Å². The number of hydrogen-bond acceptors (Lipinski definition) is 5. The highest BCUT2D eigenvalue weighted by atomic mass is 32.2. The van der Waals surface area contributed by atoms with Crippen LogP contribution in [0.4, 0.5) is 27.6 Å². The van der Waals surface area contributed by atoms with E-state index in [0.29, 0.717) is 16.8 Å². The molecule has 30 heavy (non-hydrogen) atoms. The van der Waals surface area contributed by atoms with Crippen molar-refractivity contribution < 1.29 is 31.5 Å². The molecule has 0 radical (unpaired) electrons. The summed E-state index contributed by atoms with van der Waals surface area (Å²) in [5, 5.41) is 1.70. The van der Waals surface area contributed by atoms with E-state index in [0.717, 1.165) is 26.2 Å². The van der Waals surface area contributed by atoms with Gasteiger partial charge in [0.2, 0.25) is 11.7 Å². The summed E-state index contributed by atoms with van der Waals surface area (Å²) in [4.78, 5) is 16.8. The number of thioether (sulfide) groups is 1. The van der Waals surface area contributed by atoms with Crippen molar-refractivity contribution in [3.8, 4) is 5.75 Å². The predicted octanol–water partition coefficient (Wildman–Crippen LogP) is 5.21. The van der Waals surface area contributed by atoms with Gasteiger partial charge < -0.3 is 10.1 Å². The van der Waals surface area contributed by atoms with Gasteiger partial charge in [0.1, 0.15) is 4.75 Å². The number of thiol groups is 1. The fourth-order valence-electron chi connectivity index (χ4n) is 3.35. The molecule has 1 saturated heterocycles. The molecular formula is C19H17F5N2O2S2. The van der Waals surface area contributed by atoms with Crippen molar-refractivity contribution >= 4 is 36.0 Å². The molecule has 4 nitrogen and oxygen atoms in total. The Morgan fingerprint density at radius 3 is 2.57 bits per heavy atom. The molecule has 1 amide bonds. The average molecular weight is 464 g/mol. The number of carbonyl (C=O) groups excluding carboxylic acids is 1. The molecule has 0 bridgehead atoms. The minimum absolute atomic E-state index is 0.000793. The Labute approximate surface area is 179 Å². The number of aromatic nitrogens is 1. The van der Waals surface area contributed by atoms with Gasteiger partial charge >= 0.3 is 6.18 Å². The summed E-state index contributed by atoms with van der Waals surface area (Å²) in [6.45, 7) is 0.988. The molecule has 11 heteroatoms. The van der Waals surface area contributed by atoms with Crippen molar-refractivity contribution in [1.29, 1.82) is 0 Å². The van der Waals surface area contributed by atoms with Crippen LogP contribution in [0.2, 0.25) is 0 Å². The number of pyridine rings is 1. The van der Waals surface area contributed by atoms with Crippen molar-refractivity contribution in [3.05, 3.63) is 47.7 Å². The summed E-state index contributed by atoms with van der Waals surface area (Å²) >= 11 is 4.47. The predicted molar refractivity (Wildman–Crippen MR) is 106 cm³/mol. The maximum atomic E-state index is 14.2. The first kappa shape index (κ1) is 22.7. The van der Waals surface area contributed by atoms with Crippen molar-refractivity contribution in [2.24, 2.45) is 0 Å². The van der Waals surface area contributed by atoms with E-state index in [1.165, 1.54) is 18.3 Å². The van der Waals surface area contributed by atoms with E-state index in [2.05, 4.69) is 22.9 Å². The van der Waals surface area contributed by atoms with Crippen molar-refractivity contribution in [2.45, 2.75) is 40.5 Å². The topological polar surface area (TPSA) is 51.2 Å². The summed E-state index contributed by atoms with van der Waals surface area (Å²) in [7, 11) is 1.09. The fourth-order valence-corrected chi connectivity index (χ4v) is 5.02. The number of alkyl halides is 3. The zero-order valence-corrected chi connectivity index (χ0v) is 17.5. The number of hydrogen-bond donors (Lipinski definition) is 2. The van der Waals surface area contributed by atoms with Crippen LogP contribution in [0.5, 0.6) is 5.75 Å². The lowest BCUT2D eigenvalue weighted by atomic mass is 9.85. The third-order valence-electron chi connectivity index (χ3n) is 4.92. The quantitative estimate of drug-likeness (QED) is 0.482. The van der Waals surface area contributed by atoms with Gasteiger partial charge in [-0.1, -0.05) is 6.07 Å². The highest BCUT2D eigenvalue weighted by molar-refractivity contribution is 8.02. The Morgan fingerprint density at radius 1 is 1.30 bits per heavy atom. The number of anilines is 1. The molecule has 1 aliphatic rings. The van der Waals surface area contributed by atoms with Gasteiger partial charge in [0.15, 0.2) is 11.6 Å². The number of nitrogens with one attached hydrogen (secondary N) is 1. The highest BCUT2D eigenvalue weighted by Crippen LogP contribution is 2.59. The summed E-state index contributed by atoms with van der Waals surface area (Å²) in [5.41, 5.74) is 0.274. The standard InChI is InChI=1S/C19H17F5N2O2S2/c1-18(19(22,23)24)7-11(10-4-5-12(20)14(21)15(10)28-2)16(30-18)17(27)26-9-3-6-13(29)25-8-9/h3-6,8,11,16H,7H2,1-2H3,(H,25,29)(H,26,27)/t11-,16+,18+/m0/s1. The summed E-state index contributed by atoms with van der Waals surface area (Å²) in [6.07, 6.45) is -3.81. The first-order valence-electron chi connectivity index (χ1n) is 8.69. The number of carbonyl (C=O) groups is 1. The van der Waals surface area contributed by atoms with Crippen LogP contribution in [0.15, 0.2) is 35.5 Å².